The van der Waals surface area contributed by atoms with Crippen LogP contribution in [0.2, 0.25) is 0 Å². The lowest BCUT2D eigenvalue weighted by molar-refractivity contribution is 0.311. The number of nitrogens with one attached hydrogen (secondary N) is 1. The topological polar surface area (TPSA) is 15.3 Å². The molecule has 76 valence electrons. The molecule has 0 unspecified atom stereocenters. The first-order valence-corrected chi connectivity index (χ1v) is 5.24. The van der Waals surface area contributed by atoms with Gasteiger partial charge in [0.15, 0.2) is 0 Å². The summed E-state index contributed by atoms with van der Waals surface area (Å²) in [6.07, 6.45) is 1.20. The molecule has 0 aliphatic carbocycles. The Balaban J connectivity index is 2.33. The number of likely N-dealkylation sites (N-methyl/N-ethyl adjacent to an activating group) is 1. The molecule has 1 aliphatic rings. The monoisotopic (exact) mass is 190 g/mol. The fourth-order valence-electron chi connectivity index (χ4n) is 2.14. The van der Waals surface area contributed by atoms with Crippen LogP contribution in [0.3, 0.4) is 0 Å². The molecule has 2 heteroatoms. The molecule has 0 saturated heterocycles. The lowest BCUT2D eigenvalue weighted by Gasteiger charge is -2.27. The van der Waals surface area contributed by atoms with E-state index in [0.29, 0.717) is 0 Å². The molecule has 0 atom stereocenters. The van der Waals surface area contributed by atoms with E-state index >= 15 is 0 Å². The first-order valence-electron chi connectivity index (χ1n) is 5.24. The Labute approximate surface area is 85.9 Å². The summed E-state index contributed by atoms with van der Waals surface area (Å²) in [6.45, 7) is 3.28. The second kappa shape index (κ2) is 4.11. The largest absolute Gasteiger partial charge is 0.316 e. The van der Waals surface area contributed by atoms with Crippen molar-refractivity contribution < 1.29 is 0 Å². The van der Waals surface area contributed by atoms with Gasteiger partial charge in [-0.3, -0.25) is 0 Å². The zero-order chi connectivity index (χ0) is 9.97. The van der Waals surface area contributed by atoms with Crippen LogP contribution >= 0.6 is 0 Å². The quantitative estimate of drug-likeness (QED) is 0.758. The molecule has 1 N–H and O–H groups in total. The van der Waals surface area contributed by atoms with Crippen LogP contribution < -0.4 is 5.32 Å². The summed E-state index contributed by atoms with van der Waals surface area (Å²) in [4.78, 5) is 2.39. The molecule has 0 radical (unpaired) electrons. The van der Waals surface area contributed by atoms with Gasteiger partial charge in [-0.15, -0.1) is 0 Å². The van der Waals surface area contributed by atoms with Crippen molar-refractivity contribution in [3.8, 4) is 0 Å². The van der Waals surface area contributed by atoms with Gasteiger partial charge in [-0.25, -0.2) is 0 Å². The number of benzene rings is 1. The van der Waals surface area contributed by atoms with Gasteiger partial charge in [-0.1, -0.05) is 18.2 Å². The van der Waals surface area contributed by atoms with Crippen LogP contribution in [0.1, 0.15) is 16.7 Å². The fourth-order valence-corrected chi connectivity index (χ4v) is 2.14. The molecule has 0 aromatic heterocycles. The van der Waals surface area contributed by atoms with Crippen LogP contribution in [0.25, 0.3) is 0 Å². The Kier molecular flexibility index (Phi) is 2.85. The molecular formula is C12H18N2. The number of hydrogen-bond donors (Lipinski definition) is 1. The van der Waals surface area contributed by atoms with E-state index < -0.39 is 0 Å². The smallest absolute Gasteiger partial charge is 0.0236 e. The van der Waals surface area contributed by atoms with Crippen LogP contribution in [0.5, 0.6) is 0 Å². The first kappa shape index (κ1) is 9.69. The Bertz CT molecular complexity index is 320. The minimum absolute atomic E-state index is 0.983. The Morgan fingerprint density at radius 1 is 1.43 bits per heavy atom. The van der Waals surface area contributed by atoms with Crippen molar-refractivity contribution >= 4 is 0 Å². The summed E-state index contributed by atoms with van der Waals surface area (Å²) in [5.74, 6) is 0. The molecule has 2 nitrogen and oxygen atoms in total. The Morgan fingerprint density at radius 2 is 2.29 bits per heavy atom. The standard InChI is InChI=1S/C12H18N2/c1-13-8-11-5-3-4-10-6-7-14(2)9-12(10)11/h3-5,13H,6-9H2,1-2H3. The van der Waals surface area contributed by atoms with Gasteiger partial charge in [-0.2, -0.15) is 0 Å². The van der Waals surface area contributed by atoms with E-state index in [1.165, 1.54) is 29.7 Å². The summed E-state index contributed by atoms with van der Waals surface area (Å²) in [5.41, 5.74) is 4.53. The fraction of sp³-hybridized carbons (Fsp3) is 0.500. The number of hydrogen-bond acceptors (Lipinski definition) is 2. The highest BCUT2D eigenvalue weighted by molar-refractivity contribution is 5.36. The average Bonchev–Trinajstić information content (AvgIpc) is 2.19. The summed E-state index contributed by atoms with van der Waals surface area (Å²) in [5, 5.41) is 3.23. The molecule has 1 aliphatic heterocycles. The predicted molar refractivity (Wildman–Crippen MR) is 59.2 cm³/mol. The third-order valence-electron chi connectivity index (χ3n) is 2.93. The molecular weight excluding hydrogens is 172 g/mol. The lowest BCUT2D eigenvalue weighted by atomic mass is 9.95. The van der Waals surface area contributed by atoms with Crippen LogP contribution in [-0.2, 0) is 19.5 Å². The minimum Gasteiger partial charge on any atom is -0.316 e. The van der Waals surface area contributed by atoms with Crippen molar-refractivity contribution in [3.05, 3.63) is 34.9 Å². The number of rotatable bonds is 2. The lowest BCUT2D eigenvalue weighted by Crippen LogP contribution is -2.28. The maximum atomic E-state index is 3.23. The van der Waals surface area contributed by atoms with Crippen molar-refractivity contribution in [2.24, 2.45) is 0 Å². The van der Waals surface area contributed by atoms with Gasteiger partial charge < -0.3 is 10.2 Å². The SMILES string of the molecule is CNCc1cccc2c1CN(C)CC2. The minimum atomic E-state index is 0.983. The van der Waals surface area contributed by atoms with Crippen molar-refractivity contribution in [2.75, 3.05) is 20.6 Å². The molecule has 0 saturated carbocycles. The van der Waals surface area contributed by atoms with Crippen molar-refractivity contribution in [1.82, 2.24) is 10.2 Å². The van der Waals surface area contributed by atoms with Gasteiger partial charge in [0, 0.05) is 19.6 Å². The normalized spacial score (nSPS) is 16.7. The van der Waals surface area contributed by atoms with Gasteiger partial charge in [0.2, 0.25) is 0 Å². The van der Waals surface area contributed by atoms with Gasteiger partial charge in [0.25, 0.3) is 0 Å². The van der Waals surface area contributed by atoms with E-state index in [1.807, 2.05) is 7.05 Å². The van der Waals surface area contributed by atoms with Crippen LogP contribution in [0.15, 0.2) is 18.2 Å². The molecule has 1 heterocycles. The maximum absolute atomic E-state index is 3.23. The van der Waals surface area contributed by atoms with Gasteiger partial charge >= 0.3 is 0 Å². The Hall–Kier alpha value is -0.860. The molecule has 1 aromatic carbocycles. The highest BCUT2D eigenvalue weighted by atomic mass is 15.1. The molecule has 0 bridgehead atoms. The first-order chi connectivity index (χ1) is 6.81. The van der Waals surface area contributed by atoms with E-state index in [4.69, 9.17) is 0 Å². The number of nitrogens with zero attached hydrogens (tertiary/aromatic N) is 1. The molecule has 14 heavy (non-hydrogen) atoms. The van der Waals surface area contributed by atoms with Gasteiger partial charge in [0.05, 0.1) is 0 Å². The van der Waals surface area contributed by atoms with Gasteiger partial charge in [-0.05, 0) is 37.2 Å². The average molecular weight is 190 g/mol. The van der Waals surface area contributed by atoms with E-state index in [-0.39, 0.29) is 0 Å². The van der Waals surface area contributed by atoms with Crippen LogP contribution in [0, 0.1) is 0 Å². The highest BCUT2D eigenvalue weighted by Crippen LogP contribution is 2.21. The van der Waals surface area contributed by atoms with Crippen LogP contribution in [0.4, 0.5) is 0 Å². The third kappa shape index (κ3) is 1.81. The summed E-state index contributed by atoms with van der Waals surface area (Å²) in [6, 6.07) is 6.67. The van der Waals surface area contributed by atoms with E-state index in [1.54, 1.807) is 0 Å². The Morgan fingerprint density at radius 3 is 3.07 bits per heavy atom. The van der Waals surface area contributed by atoms with Gasteiger partial charge in [0.1, 0.15) is 0 Å². The summed E-state index contributed by atoms with van der Waals surface area (Å²) >= 11 is 0. The summed E-state index contributed by atoms with van der Waals surface area (Å²) in [7, 11) is 4.20. The molecule has 2 rings (SSSR count). The summed E-state index contributed by atoms with van der Waals surface area (Å²) < 4.78 is 0. The maximum Gasteiger partial charge on any atom is 0.0236 e. The number of fused-ring (bicyclic) bond motifs is 1. The zero-order valence-electron chi connectivity index (χ0n) is 9.01. The molecule has 0 fully saturated rings. The predicted octanol–water partition coefficient (Wildman–Crippen LogP) is 1.39. The van der Waals surface area contributed by atoms with Crippen molar-refractivity contribution in [2.45, 2.75) is 19.5 Å². The molecule has 0 amide bonds. The van der Waals surface area contributed by atoms with E-state index in [9.17, 15) is 0 Å². The van der Waals surface area contributed by atoms with E-state index in [0.717, 1.165) is 13.1 Å². The third-order valence-corrected chi connectivity index (χ3v) is 2.93. The molecule has 0 spiro atoms. The second-order valence-electron chi connectivity index (χ2n) is 4.07. The van der Waals surface area contributed by atoms with Crippen molar-refractivity contribution in [3.63, 3.8) is 0 Å². The van der Waals surface area contributed by atoms with E-state index in [2.05, 4.69) is 35.5 Å². The highest BCUT2D eigenvalue weighted by Gasteiger charge is 2.15. The second-order valence-corrected chi connectivity index (χ2v) is 4.07. The van der Waals surface area contributed by atoms with Crippen LogP contribution in [-0.4, -0.2) is 25.5 Å². The van der Waals surface area contributed by atoms with Crippen molar-refractivity contribution in [1.29, 1.82) is 0 Å². The molecule has 1 aromatic rings. The zero-order valence-corrected chi connectivity index (χ0v) is 9.01.